The molecule has 1 aromatic carbocycles. The van der Waals surface area contributed by atoms with E-state index in [4.69, 9.17) is 0 Å². The monoisotopic (exact) mass is 589 g/mol. The lowest BCUT2D eigenvalue weighted by Crippen LogP contribution is -2.58. The minimum Gasteiger partial charge on any atom is -0.393 e. The number of carbonyl (C=O) groups is 1. The summed E-state index contributed by atoms with van der Waals surface area (Å²) in [5.41, 5.74) is 1.29. The zero-order valence-electron chi connectivity index (χ0n) is 25.1. The van der Waals surface area contributed by atoms with E-state index in [0.29, 0.717) is 48.5 Å². The van der Waals surface area contributed by atoms with Crippen LogP contribution in [0.2, 0.25) is 0 Å². The Kier molecular flexibility index (Phi) is 8.98. The minimum absolute atomic E-state index is 0.0259. The van der Waals surface area contributed by atoms with Crippen LogP contribution in [-0.2, 0) is 21.5 Å². The third-order valence-corrected chi connectivity index (χ3v) is 13.1. The van der Waals surface area contributed by atoms with Crippen molar-refractivity contribution in [2.75, 3.05) is 12.3 Å². The summed E-state index contributed by atoms with van der Waals surface area (Å²) in [5, 5.41) is 21.9. The molecule has 4 saturated carbocycles. The second-order valence-electron chi connectivity index (χ2n) is 14.6. The summed E-state index contributed by atoms with van der Waals surface area (Å²) in [6.45, 7) is 7.46. The Morgan fingerprint density at radius 1 is 1.00 bits per heavy atom. The maximum absolute atomic E-state index is 13.4. The van der Waals surface area contributed by atoms with Gasteiger partial charge in [0.25, 0.3) is 10.1 Å². The molecule has 1 aromatic rings. The molecule has 41 heavy (non-hydrogen) atoms. The molecule has 3 N–H and O–H groups in total. The van der Waals surface area contributed by atoms with Crippen LogP contribution in [0.3, 0.4) is 0 Å². The quantitative estimate of drug-likeness (QED) is 0.336. The number of hydrogen-bond acceptors (Lipinski definition) is 5. The van der Waals surface area contributed by atoms with E-state index >= 15 is 0 Å². The molecule has 230 valence electrons. The molecular formula is C33H51NO6S. The normalized spacial score (nSPS) is 39.3. The number of carbonyl (C=O) groups excluding carboxylic acids is 1. The second-order valence-corrected chi connectivity index (χ2v) is 16.1. The molecule has 0 heterocycles. The standard InChI is InChI=1S/C33H51NO6S/c1-22(9-12-30(37)34(17-18-41(38,39)40)21-23-7-5-4-6-8-23)26-10-11-27-31-28(14-16-33(26,27)3)32(2)15-13-25(35)19-24(32)20-29(31)36/h4-8,22,24-29,31,35-36H,9-21H2,1-3H3,(H,38,39,40)/t22-,24?,25-,26-,27+,28+,29+,31+,32+,33-/m1/s1. The number of aliphatic hydroxyl groups is 2. The minimum atomic E-state index is -4.17. The van der Waals surface area contributed by atoms with E-state index < -0.39 is 15.9 Å². The van der Waals surface area contributed by atoms with Gasteiger partial charge in [-0.2, -0.15) is 8.42 Å². The van der Waals surface area contributed by atoms with Crippen molar-refractivity contribution >= 4 is 16.0 Å². The van der Waals surface area contributed by atoms with Gasteiger partial charge in [0, 0.05) is 19.5 Å². The molecule has 0 saturated heterocycles. The molecule has 1 unspecified atom stereocenters. The summed E-state index contributed by atoms with van der Waals surface area (Å²) in [5.74, 6) is 2.05. The van der Waals surface area contributed by atoms with Crippen molar-refractivity contribution in [1.82, 2.24) is 4.90 Å². The Bertz CT molecular complexity index is 1180. The van der Waals surface area contributed by atoms with Crippen LogP contribution in [-0.4, -0.2) is 58.5 Å². The topological polar surface area (TPSA) is 115 Å². The van der Waals surface area contributed by atoms with Gasteiger partial charge in [-0.1, -0.05) is 51.1 Å². The number of hydrogen-bond donors (Lipinski definition) is 3. The molecule has 0 aromatic heterocycles. The largest absolute Gasteiger partial charge is 0.393 e. The average molecular weight is 590 g/mol. The van der Waals surface area contributed by atoms with Crippen molar-refractivity contribution in [3.63, 3.8) is 0 Å². The average Bonchev–Trinajstić information content (AvgIpc) is 3.27. The van der Waals surface area contributed by atoms with Crippen molar-refractivity contribution in [3.8, 4) is 0 Å². The summed E-state index contributed by atoms with van der Waals surface area (Å²) in [4.78, 5) is 14.9. The zero-order chi connectivity index (χ0) is 29.6. The maximum atomic E-state index is 13.4. The van der Waals surface area contributed by atoms with Crippen molar-refractivity contribution in [3.05, 3.63) is 35.9 Å². The summed E-state index contributed by atoms with van der Waals surface area (Å²) < 4.78 is 32.2. The Hall–Kier alpha value is -1.48. The van der Waals surface area contributed by atoms with E-state index in [1.807, 2.05) is 30.3 Å². The summed E-state index contributed by atoms with van der Waals surface area (Å²) >= 11 is 0. The van der Waals surface area contributed by atoms with Crippen LogP contribution in [0, 0.1) is 46.3 Å². The fourth-order valence-corrected chi connectivity index (χ4v) is 10.7. The lowest BCUT2D eigenvalue weighted by Gasteiger charge is -2.62. The Morgan fingerprint density at radius 2 is 1.68 bits per heavy atom. The van der Waals surface area contributed by atoms with Crippen LogP contribution in [0.5, 0.6) is 0 Å². The number of amides is 1. The van der Waals surface area contributed by atoms with Gasteiger partial charge in [-0.15, -0.1) is 0 Å². The van der Waals surface area contributed by atoms with Crippen LogP contribution < -0.4 is 0 Å². The molecule has 8 heteroatoms. The molecule has 7 nitrogen and oxygen atoms in total. The van der Waals surface area contributed by atoms with Crippen molar-refractivity contribution in [2.45, 2.75) is 104 Å². The summed E-state index contributed by atoms with van der Waals surface area (Å²) in [7, 11) is -4.17. The van der Waals surface area contributed by atoms with Crippen LogP contribution in [0.4, 0.5) is 0 Å². The SMILES string of the molecule is C[C@H](CCC(=O)N(CCS(=O)(=O)O)Cc1ccccc1)[C@H]1CC[C@H]2[C@@H]3[C@@H](O)CC4C[C@H](O)CC[C@]4(C)[C@H]3CC[C@]12C. The third kappa shape index (κ3) is 6.27. The zero-order valence-corrected chi connectivity index (χ0v) is 25.9. The van der Waals surface area contributed by atoms with Crippen LogP contribution >= 0.6 is 0 Å². The number of rotatable bonds is 9. The van der Waals surface area contributed by atoms with Gasteiger partial charge in [0.2, 0.25) is 5.91 Å². The third-order valence-electron chi connectivity index (χ3n) is 12.4. The summed E-state index contributed by atoms with van der Waals surface area (Å²) in [6.07, 6.45) is 8.74. The highest BCUT2D eigenvalue weighted by molar-refractivity contribution is 7.85. The Balaban J connectivity index is 1.24. The first-order chi connectivity index (χ1) is 19.3. The fourth-order valence-electron chi connectivity index (χ4n) is 10.2. The molecule has 10 atom stereocenters. The molecule has 5 rings (SSSR count). The van der Waals surface area contributed by atoms with E-state index in [0.717, 1.165) is 63.4 Å². The van der Waals surface area contributed by atoms with Gasteiger partial charge in [0.15, 0.2) is 0 Å². The fraction of sp³-hybridized carbons (Fsp3) is 0.788. The molecule has 4 aliphatic rings. The predicted octanol–water partition coefficient (Wildman–Crippen LogP) is 5.31. The number of fused-ring (bicyclic) bond motifs is 5. The number of benzene rings is 1. The molecule has 1 amide bonds. The molecular weight excluding hydrogens is 538 g/mol. The Labute approximate surface area is 246 Å². The van der Waals surface area contributed by atoms with Gasteiger partial charge in [-0.05, 0) is 110 Å². The van der Waals surface area contributed by atoms with Crippen LogP contribution in [0.15, 0.2) is 30.3 Å². The van der Waals surface area contributed by atoms with Gasteiger partial charge < -0.3 is 15.1 Å². The predicted molar refractivity (Wildman–Crippen MR) is 159 cm³/mol. The molecule has 0 aliphatic heterocycles. The van der Waals surface area contributed by atoms with Gasteiger partial charge in [-0.3, -0.25) is 9.35 Å². The lowest BCUT2D eigenvalue weighted by atomic mass is 9.43. The van der Waals surface area contributed by atoms with E-state index in [-0.39, 0.29) is 35.5 Å². The molecule has 4 fully saturated rings. The Morgan fingerprint density at radius 3 is 2.39 bits per heavy atom. The molecule has 0 spiro atoms. The van der Waals surface area contributed by atoms with E-state index in [2.05, 4.69) is 20.8 Å². The van der Waals surface area contributed by atoms with Gasteiger partial charge in [0.05, 0.1) is 18.0 Å². The van der Waals surface area contributed by atoms with Crippen molar-refractivity contribution in [2.24, 2.45) is 46.3 Å². The maximum Gasteiger partial charge on any atom is 0.266 e. The van der Waals surface area contributed by atoms with Crippen molar-refractivity contribution < 1.29 is 28.0 Å². The highest BCUT2D eigenvalue weighted by Crippen LogP contribution is 2.68. The van der Waals surface area contributed by atoms with Crippen LogP contribution in [0.25, 0.3) is 0 Å². The smallest absolute Gasteiger partial charge is 0.266 e. The lowest BCUT2D eigenvalue weighted by molar-refractivity contribution is -0.174. The first-order valence-electron chi connectivity index (χ1n) is 15.9. The van der Waals surface area contributed by atoms with E-state index in [9.17, 15) is 28.0 Å². The molecule has 4 aliphatic carbocycles. The summed E-state index contributed by atoms with van der Waals surface area (Å²) in [6, 6.07) is 9.54. The molecule has 0 radical (unpaired) electrons. The van der Waals surface area contributed by atoms with Crippen LogP contribution in [0.1, 0.15) is 90.5 Å². The van der Waals surface area contributed by atoms with Gasteiger partial charge in [0.1, 0.15) is 0 Å². The number of aliphatic hydroxyl groups excluding tert-OH is 2. The van der Waals surface area contributed by atoms with Gasteiger partial charge >= 0.3 is 0 Å². The van der Waals surface area contributed by atoms with Crippen molar-refractivity contribution in [1.29, 1.82) is 0 Å². The highest BCUT2D eigenvalue weighted by Gasteiger charge is 2.62. The van der Waals surface area contributed by atoms with Gasteiger partial charge in [-0.25, -0.2) is 0 Å². The van der Waals surface area contributed by atoms with E-state index in [1.54, 1.807) is 4.90 Å². The second kappa shape index (κ2) is 11.9. The number of nitrogens with zero attached hydrogens (tertiary/aromatic N) is 1. The first kappa shape index (κ1) is 31.0. The molecule has 0 bridgehead atoms. The van der Waals surface area contributed by atoms with E-state index in [1.165, 1.54) is 0 Å². The highest BCUT2D eigenvalue weighted by atomic mass is 32.2. The first-order valence-corrected chi connectivity index (χ1v) is 17.6.